The van der Waals surface area contributed by atoms with Crippen molar-refractivity contribution in [3.8, 4) is 0 Å². The number of hydrogen-bond donors (Lipinski definition) is 2. The zero-order valence-electron chi connectivity index (χ0n) is 12.9. The quantitative estimate of drug-likeness (QED) is 0.831. The fraction of sp³-hybridized carbons (Fsp3) is 0.222. The van der Waals surface area contributed by atoms with Crippen molar-refractivity contribution in [2.24, 2.45) is 0 Å². The minimum Gasteiger partial charge on any atom is -0.326 e. The maximum absolute atomic E-state index is 12.0. The van der Waals surface area contributed by atoms with Crippen molar-refractivity contribution >= 4 is 34.8 Å². The first-order valence-electron chi connectivity index (χ1n) is 7.45. The average Bonchev–Trinajstić information content (AvgIpc) is 2.51. The zero-order chi connectivity index (χ0) is 16.7. The van der Waals surface area contributed by atoms with Crippen LogP contribution in [-0.2, 0) is 16.0 Å². The molecule has 0 saturated heterocycles. The van der Waals surface area contributed by atoms with Crippen LogP contribution in [0, 0.1) is 0 Å². The number of amides is 2. The van der Waals surface area contributed by atoms with Gasteiger partial charge in [-0.3, -0.25) is 9.59 Å². The molecule has 0 aliphatic rings. The first-order valence-corrected chi connectivity index (χ1v) is 7.83. The summed E-state index contributed by atoms with van der Waals surface area (Å²) < 4.78 is 0. The maximum Gasteiger partial charge on any atom is 0.224 e. The van der Waals surface area contributed by atoms with Gasteiger partial charge < -0.3 is 10.6 Å². The number of benzene rings is 2. The van der Waals surface area contributed by atoms with E-state index in [1.54, 1.807) is 18.2 Å². The predicted molar refractivity (Wildman–Crippen MR) is 93.8 cm³/mol. The van der Waals surface area contributed by atoms with Gasteiger partial charge in [0.15, 0.2) is 0 Å². The monoisotopic (exact) mass is 330 g/mol. The molecular weight excluding hydrogens is 312 g/mol. The zero-order valence-corrected chi connectivity index (χ0v) is 13.7. The Kier molecular flexibility index (Phi) is 6.18. The Labute approximate surface area is 140 Å². The minimum atomic E-state index is -0.174. The van der Waals surface area contributed by atoms with E-state index in [4.69, 9.17) is 11.6 Å². The summed E-state index contributed by atoms with van der Waals surface area (Å²) in [5.41, 5.74) is 2.31. The van der Waals surface area contributed by atoms with Crippen molar-refractivity contribution in [2.45, 2.75) is 26.2 Å². The highest BCUT2D eigenvalue weighted by Crippen LogP contribution is 2.25. The molecule has 0 aromatic heterocycles. The van der Waals surface area contributed by atoms with Gasteiger partial charge in [0.05, 0.1) is 10.7 Å². The summed E-state index contributed by atoms with van der Waals surface area (Å²) in [7, 11) is 0. The molecule has 0 unspecified atom stereocenters. The molecule has 0 atom stereocenters. The molecule has 120 valence electrons. The van der Waals surface area contributed by atoms with Crippen LogP contribution in [0.5, 0.6) is 0 Å². The second kappa shape index (κ2) is 8.34. The van der Waals surface area contributed by atoms with Crippen molar-refractivity contribution in [3.05, 3.63) is 59.1 Å². The first-order chi connectivity index (χ1) is 11.0. The SMILES string of the molecule is CC(=O)Nc1ccc(Cl)c(NC(=O)CCCc2ccccc2)c1. The number of carbonyl (C=O) groups excluding carboxylic acids is 2. The van der Waals surface area contributed by atoms with Crippen molar-refractivity contribution in [1.82, 2.24) is 0 Å². The molecule has 0 aliphatic heterocycles. The van der Waals surface area contributed by atoms with Gasteiger partial charge in [-0.05, 0) is 36.6 Å². The highest BCUT2D eigenvalue weighted by Gasteiger charge is 2.08. The molecule has 0 aliphatic carbocycles. The van der Waals surface area contributed by atoms with Gasteiger partial charge in [-0.15, -0.1) is 0 Å². The molecular formula is C18H19ClN2O2. The third-order valence-electron chi connectivity index (χ3n) is 3.27. The summed E-state index contributed by atoms with van der Waals surface area (Å²) >= 11 is 6.08. The third kappa shape index (κ3) is 5.75. The van der Waals surface area contributed by atoms with Crippen LogP contribution < -0.4 is 10.6 Å². The van der Waals surface area contributed by atoms with Crippen molar-refractivity contribution in [2.75, 3.05) is 10.6 Å². The van der Waals surface area contributed by atoms with Crippen molar-refractivity contribution in [1.29, 1.82) is 0 Å². The van der Waals surface area contributed by atoms with Crippen LogP contribution in [0.3, 0.4) is 0 Å². The van der Waals surface area contributed by atoms with Gasteiger partial charge in [-0.2, -0.15) is 0 Å². The number of halogens is 1. The topological polar surface area (TPSA) is 58.2 Å². The molecule has 0 spiro atoms. The van der Waals surface area contributed by atoms with Crippen molar-refractivity contribution < 1.29 is 9.59 Å². The Morgan fingerprint density at radius 1 is 1.04 bits per heavy atom. The Balaban J connectivity index is 1.88. The Morgan fingerprint density at radius 3 is 2.48 bits per heavy atom. The second-order valence-electron chi connectivity index (χ2n) is 5.26. The largest absolute Gasteiger partial charge is 0.326 e. The van der Waals surface area contributed by atoms with Crippen LogP contribution in [0.15, 0.2) is 48.5 Å². The van der Waals surface area contributed by atoms with E-state index in [-0.39, 0.29) is 11.8 Å². The molecule has 2 aromatic rings. The van der Waals surface area contributed by atoms with E-state index in [1.807, 2.05) is 30.3 Å². The Hall–Kier alpha value is -2.33. The molecule has 0 radical (unpaired) electrons. The van der Waals surface area contributed by atoms with Gasteiger partial charge in [-0.25, -0.2) is 0 Å². The summed E-state index contributed by atoms with van der Waals surface area (Å²) in [6, 6.07) is 15.0. The summed E-state index contributed by atoms with van der Waals surface area (Å²) in [5, 5.41) is 5.89. The molecule has 5 heteroatoms. The number of hydrogen-bond acceptors (Lipinski definition) is 2. The maximum atomic E-state index is 12.0. The third-order valence-corrected chi connectivity index (χ3v) is 3.60. The summed E-state index contributed by atoms with van der Waals surface area (Å²) in [4.78, 5) is 23.1. The Bertz CT molecular complexity index is 687. The van der Waals surface area contributed by atoms with Gasteiger partial charge in [0.1, 0.15) is 0 Å². The van der Waals surface area contributed by atoms with Gasteiger partial charge in [-0.1, -0.05) is 41.9 Å². The lowest BCUT2D eigenvalue weighted by atomic mass is 10.1. The standard InChI is InChI=1S/C18H19ClN2O2/c1-13(22)20-15-10-11-16(19)17(12-15)21-18(23)9-5-8-14-6-3-2-4-7-14/h2-4,6-7,10-12H,5,8-9H2,1H3,(H,20,22)(H,21,23). The van der Waals surface area contributed by atoms with E-state index in [2.05, 4.69) is 10.6 Å². The summed E-state index contributed by atoms with van der Waals surface area (Å²) in [6.07, 6.45) is 2.03. The lowest BCUT2D eigenvalue weighted by molar-refractivity contribution is -0.116. The fourth-order valence-corrected chi connectivity index (χ4v) is 2.38. The number of carbonyl (C=O) groups is 2. The molecule has 23 heavy (non-hydrogen) atoms. The van der Waals surface area contributed by atoms with Crippen molar-refractivity contribution in [3.63, 3.8) is 0 Å². The minimum absolute atomic E-state index is 0.0946. The van der Waals surface area contributed by atoms with Crippen LogP contribution in [0.25, 0.3) is 0 Å². The van der Waals surface area contributed by atoms with E-state index >= 15 is 0 Å². The lowest BCUT2D eigenvalue weighted by Crippen LogP contribution is -2.12. The highest BCUT2D eigenvalue weighted by atomic mass is 35.5. The van der Waals surface area contributed by atoms with E-state index in [0.29, 0.717) is 22.8 Å². The molecule has 2 N–H and O–H groups in total. The number of nitrogens with one attached hydrogen (secondary N) is 2. The number of aryl methyl sites for hydroxylation is 1. The second-order valence-corrected chi connectivity index (χ2v) is 5.67. The van der Waals surface area contributed by atoms with Crippen LogP contribution in [0.4, 0.5) is 11.4 Å². The van der Waals surface area contributed by atoms with E-state index in [9.17, 15) is 9.59 Å². The van der Waals surface area contributed by atoms with Crippen LogP contribution >= 0.6 is 11.6 Å². The molecule has 0 heterocycles. The van der Waals surface area contributed by atoms with E-state index < -0.39 is 0 Å². The molecule has 2 rings (SSSR count). The van der Waals surface area contributed by atoms with Crippen LogP contribution in [0.2, 0.25) is 5.02 Å². The average molecular weight is 331 g/mol. The number of anilines is 2. The van der Waals surface area contributed by atoms with Gasteiger partial charge in [0, 0.05) is 19.0 Å². The lowest BCUT2D eigenvalue weighted by Gasteiger charge is -2.10. The number of rotatable bonds is 6. The molecule has 0 bridgehead atoms. The molecule has 0 fully saturated rings. The van der Waals surface area contributed by atoms with Gasteiger partial charge in [0.25, 0.3) is 0 Å². The normalized spacial score (nSPS) is 10.2. The molecule has 2 amide bonds. The summed E-state index contributed by atoms with van der Waals surface area (Å²) in [5.74, 6) is -0.268. The summed E-state index contributed by atoms with van der Waals surface area (Å²) in [6.45, 7) is 1.43. The predicted octanol–water partition coefficient (Wildman–Crippen LogP) is 4.26. The van der Waals surface area contributed by atoms with Gasteiger partial charge in [0.2, 0.25) is 11.8 Å². The van der Waals surface area contributed by atoms with E-state index in [0.717, 1.165) is 12.8 Å². The first kappa shape index (κ1) is 17.0. The van der Waals surface area contributed by atoms with Gasteiger partial charge >= 0.3 is 0 Å². The van der Waals surface area contributed by atoms with Crippen LogP contribution in [-0.4, -0.2) is 11.8 Å². The van der Waals surface area contributed by atoms with E-state index in [1.165, 1.54) is 12.5 Å². The molecule has 2 aromatic carbocycles. The molecule has 0 saturated carbocycles. The Morgan fingerprint density at radius 2 is 1.78 bits per heavy atom. The highest BCUT2D eigenvalue weighted by molar-refractivity contribution is 6.33. The van der Waals surface area contributed by atoms with Crippen LogP contribution in [0.1, 0.15) is 25.3 Å². The fourth-order valence-electron chi connectivity index (χ4n) is 2.21. The smallest absolute Gasteiger partial charge is 0.224 e. The molecule has 4 nitrogen and oxygen atoms in total.